The van der Waals surface area contributed by atoms with Crippen molar-refractivity contribution in [2.45, 2.75) is 10.3 Å². The first kappa shape index (κ1) is 10.9. The second-order valence-corrected chi connectivity index (χ2v) is 4.40. The predicted octanol–water partition coefficient (Wildman–Crippen LogP) is 2.41. The number of benzene rings is 1. The van der Waals surface area contributed by atoms with E-state index in [1.165, 1.54) is 11.8 Å². The van der Waals surface area contributed by atoms with Gasteiger partial charge in [0, 0.05) is 18.0 Å². The number of H-pyrrole nitrogens is 1. The first-order chi connectivity index (χ1) is 8.92. The van der Waals surface area contributed by atoms with Crippen LogP contribution in [0.2, 0.25) is 0 Å². The van der Waals surface area contributed by atoms with Crippen LogP contribution in [0.25, 0.3) is 11.4 Å². The van der Waals surface area contributed by atoms with Crippen molar-refractivity contribution >= 4 is 11.8 Å². The molecular weight excluding hydrogens is 246 g/mol. The van der Waals surface area contributed by atoms with Gasteiger partial charge in [-0.05, 0) is 17.8 Å². The molecule has 0 saturated heterocycles. The van der Waals surface area contributed by atoms with Gasteiger partial charge < -0.3 is 0 Å². The molecule has 2 heterocycles. The maximum absolute atomic E-state index is 4.39. The van der Waals surface area contributed by atoms with E-state index in [2.05, 4.69) is 25.1 Å². The predicted molar refractivity (Wildman–Crippen MR) is 68.0 cm³/mol. The number of hydrogen-bond acceptors (Lipinski definition) is 5. The molecule has 3 rings (SSSR count). The van der Waals surface area contributed by atoms with E-state index < -0.39 is 0 Å². The fourth-order valence-electron chi connectivity index (χ4n) is 1.44. The summed E-state index contributed by atoms with van der Waals surface area (Å²) in [6.45, 7) is 0. The minimum absolute atomic E-state index is 0.611. The lowest BCUT2D eigenvalue weighted by molar-refractivity contribution is 0.932. The fourth-order valence-corrected chi connectivity index (χ4v) is 2.06. The molecule has 5 nitrogen and oxygen atoms in total. The van der Waals surface area contributed by atoms with Crippen LogP contribution >= 0.6 is 11.8 Å². The van der Waals surface area contributed by atoms with E-state index in [-0.39, 0.29) is 0 Å². The van der Waals surface area contributed by atoms with Gasteiger partial charge in [-0.15, -0.1) is 5.10 Å². The Morgan fingerprint density at radius 1 is 0.889 bits per heavy atom. The van der Waals surface area contributed by atoms with Crippen LogP contribution in [0.5, 0.6) is 0 Å². The summed E-state index contributed by atoms with van der Waals surface area (Å²) in [5, 5.41) is 8.29. The average molecular weight is 255 g/mol. The summed E-state index contributed by atoms with van der Waals surface area (Å²) in [7, 11) is 0. The van der Waals surface area contributed by atoms with Gasteiger partial charge in [-0.1, -0.05) is 30.3 Å². The van der Waals surface area contributed by atoms with E-state index >= 15 is 0 Å². The van der Waals surface area contributed by atoms with Gasteiger partial charge in [-0.3, -0.25) is 5.10 Å². The first-order valence-corrected chi connectivity index (χ1v) is 6.16. The Morgan fingerprint density at radius 2 is 1.67 bits per heavy atom. The smallest absolute Gasteiger partial charge is 0.216 e. The fraction of sp³-hybridized carbons (Fsp3) is 0. The van der Waals surface area contributed by atoms with Gasteiger partial charge >= 0.3 is 0 Å². The molecule has 18 heavy (non-hydrogen) atoms. The molecule has 1 aromatic carbocycles. The zero-order valence-corrected chi connectivity index (χ0v) is 10.1. The molecule has 0 amide bonds. The molecule has 0 unspecified atom stereocenters. The molecule has 0 aliphatic rings. The number of nitrogens with zero attached hydrogens (tertiary/aromatic N) is 4. The van der Waals surface area contributed by atoms with Crippen molar-refractivity contribution in [1.82, 2.24) is 25.1 Å². The van der Waals surface area contributed by atoms with E-state index in [0.29, 0.717) is 10.3 Å². The van der Waals surface area contributed by atoms with Crippen LogP contribution in [-0.4, -0.2) is 25.1 Å². The van der Waals surface area contributed by atoms with Crippen LogP contribution in [0, 0.1) is 0 Å². The Bertz CT molecular complexity index is 623. The minimum atomic E-state index is 0.611. The maximum Gasteiger partial charge on any atom is 0.216 e. The van der Waals surface area contributed by atoms with Crippen molar-refractivity contribution in [3.63, 3.8) is 0 Å². The van der Waals surface area contributed by atoms with Crippen molar-refractivity contribution in [3.8, 4) is 11.4 Å². The molecule has 3 aromatic rings. The van der Waals surface area contributed by atoms with Crippen LogP contribution in [0.3, 0.4) is 0 Å². The molecule has 0 radical (unpaired) electrons. The van der Waals surface area contributed by atoms with Gasteiger partial charge in [0.2, 0.25) is 5.16 Å². The van der Waals surface area contributed by atoms with Crippen LogP contribution in [-0.2, 0) is 0 Å². The number of hydrogen-bond donors (Lipinski definition) is 1. The molecule has 1 N–H and O–H groups in total. The lowest BCUT2D eigenvalue weighted by Crippen LogP contribution is -1.84. The summed E-state index contributed by atoms with van der Waals surface area (Å²) in [6.07, 6.45) is 3.39. The van der Waals surface area contributed by atoms with E-state index in [1.807, 2.05) is 30.3 Å². The third-order valence-electron chi connectivity index (χ3n) is 2.24. The van der Waals surface area contributed by atoms with Gasteiger partial charge in [0.15, 0.2) is 11.0 Å². The monoisotopic (exact) mass is 255 g/mol. The Labute approximate surface area is 108 Å². The molecule has 0 spiro atoms. The van der Waals surface area contributed by atoms with E-state index in [1.54, 1.807) is 18.5 Å². The lowest BCUT2D eigenvalue weighted by atomic mass is 10.2. The van der Waals surface area contributed by atoms with Crippen LogP contribution in [0.4, 0.5) is 0 Å². The summed E-state index contributed by atoms with van der Waals surface area (Å²) in [5.74, 6) is 0.744. The third kappa shape index (κ3) is 2.38. The van der Waals surface area contributed by atoms with Gasteiger partial charge in [0.25, 0.3) is 0 Å². The highest BCUT2D eigenvalue weighted by molar-refractivity contribution is 7.99. The molecule has 0 bridgehead atoms. The summed E-state index contributed by atoms with van der Waals surface area (Å²) >= 11 is 1.33. The molecule has 6 heteroatoms. The largest absolute Gasteiger partial charge is 0.258 e. The van der Waals surface area contributed by atoms with Crippen molar-refractivity contribution < 1.29 is 0 Å². The summed E-state index contributed by atoms with van der Waals surface area (Å²) in [5.41, 5.74) is 1.01. The Hall–Kier alpha value is -2.21. The second-order valence-electron chi connectivity index (χ2n) is 3.47. The molecule has 0 fully saturated rings. The molecular formula is C12H9N5S. The zero-order chi connectivity index (χ0) is 12.2. The normalized spacial score (nSPS) is 10.4. The lowest BCUT2D eigenvalue weighted by Gasteiger charge is -1.93. The second kappa shape index (κ2) is 4.97. The number of aromatic amines is 1. The third-order valence-corrected chi connectivity index (χ3v) is 3.00. The minimum Gasteiger partial charge on any atom is -0.258 e. The van der Waals surface area contributed by atoms with E-state index in [0.717, 1.165) is 11.4 Å². The number of aromatic nitrogens is 5. The standard InChI is InChI=1S/C12H9N5S/c1-2-5-9(6-3-1)10-15-12(17-16-10)18-11-13-7-4-8-14-11/h1-8H,(H,15,16,17). The Morgan fingerprint density at radius 3 is 2.44 bits per heavy atom. The molecule has 0 aliphatic carbocycles. The summed E-state index contributed by atoms with van der Waals surface area (Å²) in [6, 6.07) is 11.6. The van der Waals surface area contributed by atoms with Gasteiger partial charge in [0.1, 0.15) is 0 Å². The summed E-state index contributed by atoms with van der Waals surface area (Å²) in [4.78, 5) is 12.6. The van der Waals surface area contributed by atoms with Crippen LogP contribution in [0.15, 0.2) is 59.1 Å². The van der Waals surface area contributed by atoms with E-state index in [4.69, 9.17) is 0 Å². The van der Waals surface area contributed by atoms with Crippen molar-refractivity contribution in [1.29, 1.82) is 0 Å². The van der Waals surface area contributed by atoms with Crippen molar-refractivity contribution in [3.05, 3.63) is 48.8 Å². The van der Waals surface area contributed by atoms with Crippen LogP contribution in [0.1, 0.15) is 0 Å². The number of nitrogens with one attached hydrogen (secondary N) is 1. The van der Waals surface area contributed by atoms with Crippen molar-refractivity contribution in [2.24, 2.45) is 0 Å². The first-order valence-electron chi connectivity index (χ1n) is 5.34. The highest BCUT2D eigenvalue weighted by Gasteiger charge is 2.07. The van der Waals surface area contributed by atoms with E-state index in [9.17, 15) is 0 Å². The van der Waals surface area contributed by atoms with Gasteiger partial charge in [0.05, 0.1) is 0 Å². The molecule has 0 saturated carbocycles. The molecule has 2 aromatic heterocycles. The van der Waals surface area contributed by atoms with Gasteiger partial charge in [-0.25, -0.2) is 15.0 Å². The topological polar surface area (TPSA) is 67.3 Å². The molecule has 0 atom stereocenters. The SMILES string of the molecule is c1ccc(-c2nc(Sc3ncccn3)n[nH]2)cc1. The maximum atomic E-state index is 4.39. The highest BCUT2D eigenvalue weighted by atomic mass is 32.2. The van der Waals surface area contributed by atoms with Gasteiger partial charge in [-0.2, -0.15) is 0 Å². The van der Waals surface area contributed by atoms with Crippen molar-refractivity contribution in [2.75, 3.05) is 0 Å². The van der Waals surface area contributed by atoms with Crippen LogP contribution < -0.4 is 0 Å². The zero-order valence-electron chi connectivity index (χ0n) is 9.32. The highest BCUT2D eigenvalue weighted by Crippen LogP contribution is 2.22. The molecule has 88 valence electrons. The Kier molecular flexibility index (Phi) is 3.01. The molecule has 0 aliphatic heterocycles. The number of rotatable bonds is 3. The quantitative estimate of drug-likeness (QED) is 0.728. The average Bonchev–Trinajstić information content (AvgIpc) is 2.89. The Balaban J connectivity index is 1.82. The summed E-state index contributed by atoms with van der Waals surface area (Å²) < 4.78 is 0.